The molecule has 0 bridgehead atoms. The van der Waals surface area contributed by atoms with E-state index in [1.54, 1.807) is 56.4 Å². The molecule has 2 amide bonds. The normalized spacial score (nSPS) is 11.7. The van der Waals surface area contributed by atoms with Gasteiger partial charge in [-0.1, -0.05) is 29.8 Å². The van der Waals surface area contributed by atoms with Crippen LogP contribution in [0.25, 0.3) is 0 Å². The van der Waals surface area contributed by atoms with Crippen molar-refractivity contribution in [3.63, 3.8) is 0 Å². The second kappa shape index (κ2) is 7.95. The molecule has 0 aromatic heterocycles. The third-order valence-electron chi connectivity index (χ3n) is 3.71. The van der Waals surface area contributed by atoms with Gasteiger partial charge in [0.15, 0.2) is 0 Å². The SMILES string of the molecule is CNC(=O)c1cccc(NC(=O)CC(O)c2ccc(Cl)cc2)c1C. The summed E-state index contributed by atoms with van der Waals surface area (Å²) in [4.78, 5) is 24.0. The lowest BCUT2D eigenvalue weighted by molar-refractivity contribution is -0.118. The molecule has 6 heteroatoms. The zero-order valence-corrected chi connectivity index (χ0v) is 14.2. The lowest BCUT2D eigenvalue weighted by Crippen LogP contribution is -2.21. The Kier molecular flexibility index (Phi) is 5.95. The first-order valence-electron chi connectivity index (χ1n) is 7.47. The molecule has 0 aliphatic rings. The number of rotatable bonds is 5. The minimum absolute atomic E-state index is 0.0920. The standard InChI is InChI=1S/C18H19ClN2O3/c1-11-14(18(24)20-2)4-3-5-15(11)21-17(23)10-16(22)12-6-8-13(19)9-7-12/h3-9,16,22H,10H2,1-2H3,(H,20,24)(H,21,23). The van der Waals surface area contributed by atoms with E-state index in [0.29, 0.717) is 27.4 Å². The van der Waals surface area contributed by atoms with Crippen LogP contribution in [-0.2, 0) is 4.79 Å². The van der Waals surface area contributed by atoms with Crippen LogP contribution in [0.1, 0.15) is 34.0 Å². The van der Waals surface area contributed by atoms with E-state index >= 15 is 0 Å². The molecular formula is C18H19ClN2O3. The average Bonchev–Trinajstić information content (AvgIpc) is 2.56. The van der Waals surface area contributed by atoms with Crippen LogP contribution >= 0.6 is 11.6 Å². The monoisotopic (exact) mass is 346 g/mol. The number of halogens is 1. The fourth-order valence-corrected chi connectivity index (χ4v) is 2.46. The van der Waals surface area contributed by atoms with Crippen LogP contribution in [0.3, 0.4) is 0 Å². The second-order valence-electron chi connectivity index (χ2n) is 5.38. The van der Waals surface area contributed by atoms with Gasteiger partial charge in [0.05, 0.1) is 12.5 Å². The summed E-state index contributed by atoms with van der Waals surface area (Å²) in [6.45, 7) is 1.76. The van der Waals surface area contributed by atoms with Gasteiger partial charge in [0.25, 0.3) is 5.91 Å². The summed E-state index contributed by atoms with van der Waals surface area (Å²) in [7, 11) is 1.55. The largest absolute Gasteiger partial charge is 0.388 e. The van der Waals surface area contributed by atoms with Crippen molar-refractivity contribution in [3.8, 4) is 0 Å². The molecule has 0 radical (unpaired) electrons. The smallest absolute Gasteiger partial charge is 0.251 e. The van der Waals surface area contributed by atoms with Crippen LogP contribution in [0.5, 0.6) is 0 Å². The maximum Gasteiger partial charge on any atom is 0.251 e. The summed E-state index contributed by atoms with van der Waals surface area (Å²) in [5.41, 5.74) is 2.33. The molecule has 2 rings (SSSR count). The topological polar surface area (TPSA) is 78.4 Å². The maximum absolute atomic E-state index is 12.2. The maximum atomic E-state index is 12.2. The number of nitrogens with one attached hydrogen (secondary N) is 2. The quantitative estimate of drug-likeness (QED) is 0.778. The van der Waals surface area contributed by atoms with E-state index < -0.39 is 6.10 Å². The Labute approximate surface area is 145 Å². The molecule has 0 aliphatic heterocycles. The van der Waals surface area contributed by atoms with Gasteiger partial charge in [0, 0.05) is 23.3 Å². The molecular weight excluding hydrogens is 328 g/mol. The highest BCUT2D eigenvalue weighted by Crippen LogP contribution is 2.22. The highest BCUT2D eigenvalue weighted by Gasteiger charge is 2.16. The molecule has 0 saturated heterocycles. The molecule has 2 aromatic carbocycles. The first-order chi connectivity index (χ1) is 11.4. The van der Waals surface area contributed by atoms with Gasteiger partial charge in [-0.3, -0.25) is 9.59 Å². The van der Waals surface area contributed by atoms with Crippen LogP contribution in [0, 0.1) is 6.92 Å². The summed E-state index contributed by atoms with van der Waals surface area (Å²) in [6.07, 6.45) is -1.02. The molecule has 0 saturated carbocycles. The Morgan fingerprint density at radius 1 is 1.17 bits per heavy atom. The first-order valence-corrected chi connectivity index (χ1v) is 7.85. The van der Waals surface area contributed by atoms with Gasteiger partial charge >= 0.3 is 0 Å². The number of hydrogen-bond donors (Lipinski definition) is 3. The second-order valence-corrected chi connectivity index (χ2v) is 5.81. The van der Waals surface area contributed by atoms with Gasteiger partial charge in [0.1, 0.15) is 0 Å². The van der Waals surface area contributed by atoms with Crippen molar-refractivity contribution in [3.05, 3.63) is 64.2 Å². The highest BCUT2D eigenvalue weighted by molar-refractivity contribution is 6.30. The highest BCUT2D eigenvalue weighted by atomic mass is 35.5. The van der Waals surface area contributed by atoms with Crippen molar-refractivity contribution in [1.82, 2.24) is 5.32 Å². The van der Waals surface area contributed by atoms with Gasteiger partial charge < -0.3 is 15.7 Å². The summed E-state index contributed by atoms with van der Waals surface area (Å²) in [5, 5.41) is 16.0. The number of hydrogen-bond acceptors (Lipinski definition) is 3. The van der Waals surface area contributed by atoms with Crippen LogP contribution in [-0.4, -0.2) is 24.0 Å². The first kappa shape index (κ1) is 18.0. The molecule has 24 heavy (non-hydrogen) atoms. The van der Waals surface area contributed by atoms with E-state index in [9.17, 15) is 14.7 Å². The number of benzene rings is 2. The van der Waals surface area contributed by atoms with E-state index in [4.69, 9.17) is 11.6 Å². The lowest BCUT2D eigenvalue weighted by Gasteiger charge is -2.14. The van der Waals surface area contributed by atoms with Crippen molar-refractivity contribution in [1.29, 1.82) is 0 Å². The van der Waals surface area contributed by atoms with Crippen molar-refractivity contribution in [2.75, 3.05) is 12.4 Å². The lowest BCUT2D eigenvalue weighted by atomic mass is 10.0. The molecule has 1 unspecified atom stereocenters. The molecule has 5 nitrogen and oxygen atoms in total. The Balaban J connectivity index is 2.07. The summed E-state index contributed by atoms with van der Waals surface area (Å²) in [5.74, 6) is -0.556. The number of carbonyl (C=O) groups is 2. The average molecular weight is 347 g/mol. The van der Waals surface area contributed by atoms with E-state index in [-0.39, 0.29) is 18.2 Å². The van der Waals surface area contributed by atoms with Crippen molar-refractivity contribution >= 4 is 29.1 Å². The molecule has 1 atom stereocenters. The molecule has 0 fully saturated rings. The summed E-state index contributed by atoms with van der Waals surface area (Å²) >= 11 is 5.81. The third kappa shape index (κ3) is 4.34. The zero-order chi connectivity index (χ0) is 17.7. The van der Waals surface area contributed by atoms with Gasteiger partial charge in [-0.25, -0.2) is 0 Å². The Bertz CT molecular complexity index is 744. The minimum Gasteiger partial charge on any atom is -0.388 e. The molecule has 126 valence electrons. The van der Waals surface area contributed by atoms with E-state index in [1.807, 2.05) is 0 Å². The van der Waals surface area contributed by atoms with Gasteiger partial charge in [0.2, 0.25) is 5.91 Å². The Hall–Kier alpha value is -2.37. The van der Waals surface area contributed by atoms with E-state index in [0.717, 1.165) is 0 Å². The predicted molar refractivity (Wildman–Crippen MR) is 94.2 cm³/mol. The minimum atomic E-state index is -0.926. The molecule has 0 heterocycles. The number of aliphatic hydroxyl groups excluding tert-OH is 1. The summed E-state index contributed by atoms with van der Waals surface area (Å²) < 4.78 is 0. The number of aliphatic hydroxyl groups is 1. The van der Waals surface area contributed by atoms with Crippen LogP contribution < -0.4 is 10.6 Å². The van der Waals surface area contributed by atoms with E-state index in [2.05, 4.69) is 10.6 Å². The summed E-state index contributed by atoms with van der Waals surface area (Å²) in [6, 6.07) is 11.8. The van der Waals surface area contributed by atoms with Gasteiger partial charge in [-0.15, -0.1) is 0 Å². The number of anilines is 1. The van der Waals surface area contributed by atoms with Crippen molar-refractivity contribution in [2.24, 2.45) is 0 Å². The van der Waals surface area contributed by atoms with Crippen LogP contribution in [0.15, 0.2) is 42.5 Å². The van der Waals surface area contributed by atoms with Crippen molar-refractivity contribution < 1.29 is 14.7 Å². The number of carbonyl (C=O) groups excluding carboxylic acids is 2. The van der Waals surface area contributed by atoms with Crippen LogP contribution in [0.4, 0.5) is 5.69 Å². The molecule has 0 spiro atoms. The zero-order valence-electron chi connectivity index (χ0n) is 13.5. The van der Waals surface area contributed by atoms with Gasteiger partial charge in [-0.2, -0.15) is 0 Å². The third-order valence-corrected chi connectivity index (χ3v) is 3.97. The van der Waals surface area contributed by atoms with Gasteiger partial charge in [-0.05, 0) is 42.3 Å². The Morgan fingerprint density at radius 3 is 2.46 bits per heavy atom. The molecule has 2 aromatic rings. The molecule has 0 aliphatic carbocycles. The predicted octanol–water partition coefficient (Wildman–Crippen LogP) is 3.07. The fourth-order valence-electron chi connectivity index (χ4n) is 2.33. The van der Waals surface area contributed by atoms with Crippen molar-refractivity contribution in [2.45, 2.75) is 19.4 Å². The van der Waals surface area contributed by atoms with Crippen LogP contribution in [0.2, 0.25) is 5.02 Å². The molecule has 3 N–H and O–H groups in total. The fraction of sp³-hybridized carbons (Fsp3) is 0.222. The number of amides is 2. The van der Waals surface area contributed by atoms with E-state index in [1.165, 1.54) is 0 Å². The Morgan fingerprint density at radius 2 is 1.83 bits per heavy atom.